The summed E-state index contributed by atoms with van der Waals surface area (Å²) in [5.41, 5.74) is 1.62. The maximum atomic E-state index is 13.3. The van der Waals surface area contributed by atoms with Crippen molar-refractivity contribution in [2.24, 2.45) is 0 Å². The first-order valence-corrected chi connectivity index (χ1v) is 12.9. The molecule has 1 saturated heterocycles. The smallest absolute Gasteiger partial charge is 0.261 e. The van der Waals surface area contributed by atoms with Crippen molar-refractivity contribution in [2.75, 3.05) is 38.1 Å². The van der Waals surface area contributed by atoms with E-state index in [2.05, 4.69) is 20.5 Å². The third-order valence-electron chi connectivity index (χ3n) is 6.56. The summed E-state index contributed by atoms with van der Waals surface area (Å²) in [6.45, 7) is 3.81. The fourth-order valence-corrected chi connectivity index (χ4v) is 4.71. The Morgan fingerprint density at radius 1 is 1.00 bits per heavy atom. The van der Waals surface area contributed by atoms with Crippen molar-refractivity contribution in [1.29, 1.82) is 0 Å². The maximum Gasteiger partial charge on any atom is 0.261 e. The number of anilines is 1. The second kappa shape index (κ2) is 11.8. The minimum Gasteiger partial charge on any atom is -0.368 e. The van der Waals surface area contributed by atoms with Crippen LogP contribution in [0.4, 0.5) is 5.69 Å². The molecular weight excluding hydrogens is 531 g/mol. The van der Waals surface area contributed by atoms with Gasteiger partial charge in [-0.25, -0.2) is 4.98 Å². The largest absolute Gasteiger partial charge is 0.368 e. The van der Waals surface area contributed by atoms with Crippen LogP contribution in [0, 0.1) is 0 Å². The number of nitrogens with zero attached hydrogens (tertiary/aromatic N) is 4. The predicted molar refractivity (Wildman–Crippen MR) is 146 cm³/mol. The predicted octanol–water partition coefficient (Wildman–Crippen LogP) is 2.37. The van der Waals surface area contributed by atoms with Gasteiger partial charge in [-0.1, -0.05) is 29.3 Å². The number of aromatic nitrogens is 2. The first-order valence-electron chi connectivity index (χ1n) is 12.1. The van der Waals surface area contributed by atoms with Crippen LogP contribution >= 0.6 is 23.2 Å². The number of hydrogen-bond acceptors (Lipinski definition) is 6. The summed E-state index contributed by atoms with van der Waals surface area (Å²) in [6.07, 6.45) is 1.31. The van der Waals surface area contributed by atoms with Crippen molar-refractivity contribution in [3.05, 3.63) is 68.7 Å². The number of amides is 3. The van der Waals surface area contributed by atoms with E-state index in [0.29, 0.717) is 52.7 Å². The third kappa shape index (κ3) is 6.25. The van der Waals surface area contributed by atoms with E-state index in [1.807, 2.05) is 6.07 Å². The second-order valence-electron chi connectivity index (χ2n) is 9.04. The molecule has 200 valence electrons. The standard InChI is InChI=1S/C26H28Cl2N6O4/c1-16(35)32-7-9-33(10-8-32)18-4-6-22-19(12-18)26(38)34(15-30-22)14-25(37)31-23(13-24(36)29-2)17-3-5-20(27)21(28)11-17/h3-6,11-12,15,23H,7-10,13-14H2,1-2H3,(H,29,36)(H,31,37). The lowest BCUT2D eigenvalue weighted by molar-refractivity contribution is -0.129. The van der Waals surface area contributed by atoms with E-state index in [-0.39, 0.29) is 30.3 Å². The SMILES string of the molecule is CNC(=O)CC(NC(=O)Cn1cnc2ccc(N3CCN(C(C)=O)CC3)cc2c1=O)c1ccc(Cl)c(Cl)c1. The highest BCUT2D eigenvalue weighted by Gasteiger charge is 2.21. The molecule has 0 bridgehead atoms. The Morgan fingerprint density at radius 2 is 1.74 bits per heavy atom. The van der Waals surface area contributed by atoms with Gasteiger partial charge in [0.25, 0.3) is 5.56 Å². The molecule has 1 atom stereocenters. The summed E-state index contributed by atoms with van der Waals surface area (Å²) in [5.74, 6) is -0.697. The molecule has 1 aromatic heterocycles. The number of halogens is 2. The fourth-order valence-electron chi connectivity index (χ4n) is 4.40. The van der Waals surface area contributed by atoms with Crippen LogP contribution in [-0.2, 0) is 20.9 Å². The van der Waals surface area contributed by atoms with Gasteiger partial charge in [-0.2, -0.15) is 0 Å². The molecule has 0 radical (unpaired) electrons. The molecular formula is C26H28Cl2N6O4. The topological polar surface area (TPSA) is 117 Å². The first-order chi connectivity index (χ1) is 18.2. The summed E-state index contributed by atoms with van der Waals surface area (Å²) in [4.78, 5) is 58.2. The van der Waals surface area contributed by atoms with Crippen molar-refractivity contribution < 1.29 is 14.4 Å². The van der Waals surface area contributed by atoms with Crippen molar-refractivity contribution >= 4 is 57.5 Å². The molecule has 0 saturated carbocycles. The Kier molecular flexibility index (Phi) is 8.53. The van der Waals surface area contributed by atoms with Gasteiger partial charge in [0.2, 0.25) is 17.7 Å². The lowest BCUT2D eigenvalue weighted by Gasteiger charge is -2.35. The zero-order valence-corrected chi connectivity index (χ0v) is 22.6. The summed E-state index contributed by atoms with van der Waals surface area (Å²) < 4.78 is 1.24. The number of fused-ring (bicyclic) bond motifs is 1. The van der Waals surface area contributed by atoms with Crippen LogP contribution in [0.25, 0.3) is 10.9 Å². The monoisotopic (exact) mass is 558 g/mol. The highest BCUT2D eigenvalue weighted by molar-refractivity contribution is 6.42. The average Bonchev–Trinajstić information content (AvgIpc) is 2.91. The molecule has 1 aliphatic heterocycles. The zero-order chi connectivity index (χ0) is 27.4. The van der Waals surface area contributed by atoms with Gasteiger partial charge in [-0.3, -0.25) is 23.7 Å². The number of hydrogen-bond donors (Lipinski definition) is 2. The van der Waals surface area contributed by atoms with Crippen molar-refractivity contribution in [2.45, 2.75) is 25.9 Å². The molecule has 1 fully saturated rings. The summed E-state index contributed by atoms with van der Waals surface area (Å²) in [7, 11) is 1.51. The van der Waals surface area contributed by atoms with Gasteiger partial charge in [0.05, 0.1) is 39.7 Å². The van der Waals surface area contributed by atoms with E-state index >= 15 is 0 Å². The number of piperazine rings is 1. The van der Waals surface area contributed by atoms with E-state index in [9.17, 15) is 19.2 Å². The molecule has 0 spiro atoms. The highest BCUT2D eigenvalue weighted by atomic mass is 35.5. The molecule has 2 heterocycles. The first kappa shape index (κ1) is 27.4. The van der Waals surface area contributed by atoms with Crippen LogP contribution in [0.2, 0.25) is 10.0 Å². The van der Waals surface area contributed by atoms with Gasteiger partial charge in [0.15, 0.2) is 0 Å². The Labute approximate surface area is 229 Å². The van der Waals surface area contributed by atoms with Crippen LogP contribution < -0.4 is 21.1 Å². The molecule has 0 aliphatic carbocycles. The van der Waals surface area contributed by atoms with Crippen molar-refractivity contribution in [1.82, 2.24) is 25.1 Å². The van der Waals surface area contributed by atoms with E-state index in [1.54, 1.807) is 42.2 Å². The summed E-state index contributed by atoms with van der Waals surface area (Å²) in [5, 5.41) is 6.40. The fraction of sp³-hybridized carbons (Fsp3) is 0.346. The minimum atomic E-state index is -0.679. The summed E-state index contributed by atoms with van der Waals surface area (Å²) in [6, 6.07) is 9.64. The average molecular weight is 559 g/mol. The molecule has 1 aliphatic rings. The van der Waals surface area contributed by atoms with Crippen LogP contribution in [0.3, 0.4) is 0 Å². The molecule has 12 heteroatoms. The quantitative estimate of drug-likeness (QED) is 0.459. The van der Waals surface area contributed by atoms with Crippen molar-refractivity contribution in [3.8, 4) is 0 Å². The van der Waals surface area contributed by atoms with E-state index in [0.717, 1.165) is 5.69 Å². The van der Waals surface area contributed by atoms with Gasteiger partial charge in [0.1, 0.15) is 6.54 Å². The maximum absolute atomic E-state index is 13.3. The molecule has 4 rings (SSSR count). The van der Waals surface area contributed by atoms with Gasteiger partial charge in [0, 0.05) is 45.8 Å². The highest BCUT2D eigenvalue weighted by Crippen LogP contribution is 2.27. The number of carbonyl (C=O) groups excluding carboxylic acids is 3. The minimum absolute atomic E-state index is 0.0225. The zero-order valence-electron chi connectivity index (χ0n) is 21.0. The van der Waals surface area contributed by atoms with Crippen LogP contribution in [0.1, 0.15) is 24.9 Å². The van der Waals surface area contributed by atoms with Gasteiger partial charge >= 0.3 is 0 Å². The Bertz CT molecular complexity index is 1430. The number of carbonyl (C=O) groups is 3. The van der Waals surface area contributed by atoms with Gasteiger partial charge < -0.3 is 20.4 Å². The summed E-state index contributed by atoms with van der Waals surface area (Å²) >= 11 is 12.2. The molecule has 2 N–H and O–H groups in total. The van der Waals surface area contributed by atoms with E-state index in [4.69, 9.17) is 23.2 Å². The van der Waals surface area contributed by atoms with Crippen LogP contribution in [0.5, 0.6) is 0 Å². The van der Waals surface area contributed by atoms with Gasteiger partial charge in [-0.05, 0) is 35.9 Å². The van der Waals surface area contributed by atoms with Crippen LogP contribution in [-0.4, -0.2) is 65.4 Å². The molecule has 38 heavy (non-hydrogen) atoms. The molecule has 3 amide bonds. The normalized spacial score (nSPS) is 14.3. The molecule has 1 unspecified atom stereocenters. The molecule has 2 aromatic carbocycles. The molecule has 3 aromatic rings. The Hall–Kier alpha value is -3.63. The number of benzene rings is 2. The van der Waals surface area contributed by atoms with E-state index in [1.165, 1.54) is 17.9 Å². The number of nitrogens with one attached hydrogen (secondary N) is 2. The van der Waals surface area contributed by atoms with Crippen LogP contribution in [0.15, 0.2) is 47.5 Å². The van der Waals surface area contributed by atoms with Gasteiger partial charge in [-0.15, -0.1) is 0 Å². The molecule has 10 nitrogen and oxygen atoms in total. The lowest BCUT2D eigenvalue weighted by Crippen LogP contribution is -2.48. The number of rotatable bonds is 7. The lowest BCUT2D eigenvalue weighted by atomic mass is 10.0. The van der Waals surface area contributed by atoms with Crippen molar-refractivity contribution in [3.63, 3.8) is 0 Å². The third-order valence-corrected chi connectivity index (χ3v) is 7.30. The second-order valence-corrected chi connectivity index (χ2v) is 9.86. The Morgan fingerprint density at radius 3 is 2.39 bits per heavy atom. The Balaban J connectivity index is 1.53. The van der Waals surface area contributed by atoms with E-state index < -0.39 is 11.9 Å².